The number of nitrogens with zero attached hydrogens (tertiary/aromatic N) is 2. The second-order valence-corrected chi connectivity index (χ2v) is 7.23. The molecule has 2 aliphatic rings. The fraction of sp³-hybridized carbons (Fsp3) is 0.600. The highest BCUT2D eigenvalue weighted by molar-refractivity contribution is 5.85. The molecule has 2 fully saturated rings. The Bertz CT molecular complexity index is 810. The highest BCUT2D eigenvalue weighted by atomic mass is 16.5. The van der Waals surface area contributed by atoms with Gasteiger partial charge in [0.05, 0.1) is 25.1 Å². The van der Waals surface area contributed by atoms with Gasteiger partial charge in [0.25, 0.3) is 5.56 Å². The summed E-state index contributed by atoms with van der Waals surface area (Å²) in [5.41, 5.74) is 0.401. The Morgan fingerprint density at radius 2 is 2.00 bits per heavy atom. The number of piperidine rings is 1. The molecule has 2 aliphatic heterocycles. The summed E-state index contributed by atoms with van der Waals surface area (Å²) in [7, 11) is 0. The molecular weight excluding hydrogens is 346 g/mol. The zero-order valence-electron chi connectivity index (χ0n) is 15.6. The Morgan fingerprint density at radius 3 is 2.81 bits per heavy atom. The van der Waals surface area contributed by atoms with E-state index >= 15 is 0 Å². The number of likely N-dealkylation sites (tertiary alicyclic amines) is 1. The number of nitrogens with one attached hydrogen (secondary N) is 1. The number of hydrogen-bond donors (Lipinski definition) is 1. The van der Waals surface area contributed by atoms with Gasteiger partial charge >= 0.3 is 0 Å². The van der Waals surface area contributed by atoms with Crippen molar-refractivity contribution in [2.24, 2.45) is 0 Å². The Kier molecular flexibility index (Phi) is 5.89. The van der Waals surface area contributed by atoms with Crippen molar-refractivity contribution in [1.82, 2.24) is 14.9 Å². The standard InChI is InChI=1S/C20H27N3O4/c24-20-19-17(21-14-22-20)12-16(26-11-8-23-6-2-1-3-7-23)13-18(19)27-15-4-9-25-10-5-15/h12-15H,1-11H2,(H,21,22,24). The minimum absolute atomic E-state index is 0.0464. The van der Waals surface area contributed by atoms with Crippen LogP contribution in [0, 0.1) is 0 Å². The molecule has 0 amide bonds. The van der Waals surface area contributed by atoms with E-state index in [0.717, 1.165) is 32.5 Å². The molecule has 0 unspecified atom stereocenters. The minimum Gasteiger partial charge on any atom is -0.492 e. The number of H-pyrrole nitrogens is 1. The van der Waals surface area contributed by atoms with Gasteiger partial charge in [-0.3, -0.25) is 9.69 Å². The summed E-state index contributed by atoms with van der Waals surface area (Å²) in [6.07, 6.45) is 6.97. The van der Waals surface area contributed by atoms with Gasteiger partial charge < -0.3 is 19.2 Å². The number of hydrogen-bond acceptors (Lipinski definition) is 6. The fourth-order valence-electron chi connectivity index (χ4n) is 3.76. The van der Waals surface area contributed by atoms with Crippen molar-refractivity contribution in [3.05, 3.63) is 28.8 Å². The van der Waals surface area contributed by atoms with Crippen molar-refractivity contribution in [2.45, 2.75) is 38.2 Å². The van der Waals surface area contributed by atoms with E-state index in [0.29, 0.717) is 42.2 Å². The predicted octanol–water partition coefficient (Wildman–Crippen LogP) is 2.35. The maximum absolute atomic E-state index is 12.3. The fourth-order valence-corrected chi connectivity index (χ4v) is 3.76. The monoisotopic (exact) mass is 373 g/mol. The molecule has 1 aromatic heterocycles. The van der Waals surface area contributed by atoms with Gasteiger partial charge in [0, 0.05) is 31.5 Å². The molecule has 0 aliphatic carbocycles. The third-order valence-corrected chi connectivity index (χ3v) is 5.27. The lowest BCUT2D eigenvalue weighted by molar-refractivity contribution is 0.0260. The van der Waals surface area contributed by atoms with Gasteiger partial charge in [-0.1, -0.05) is 6.42 Å². The molecule has 146 valence electrons. The van der Waals surface area contributed by atoms with Crippen LogP contribution in [-0.2, 0) is 4.74 Å². The van der Waals surface area contributed by atoms with E-state index < -0.39 is 0 Å². The quantitative estimate of drug-likeness (QED) is 0.838. The van der Waals surface area contributed by atoms with Gasteiger partial charge in [-0.25, -0.2) is 4.98 Å². The van der Waals surface area contributed by atoms with Crippen molar-refractivity contribution in [3.63, 3.8) is 0 Å². The van der Waals surface area contributed by atoms with Crippen LogP contribution in [0.3, 0.4) is 0 Å². The maximum atomic E-state index is 12.3. The molecule has 0 bridgehead atoms. The van der Waals surface area contributed by atoms with Gasteiger partial charge in [-0.05, 0) is 25.9 Å². The van der Waals surface area contributed by atoms with Crippen LogP contribution in [0.5, 0.6) is 11.5 Å². The molecule has 0 atom stereocenters. The molecule has 27 heavy (non-hydrogen) atoms. The summed E-state index contributed by atoms with van der Waals surface area (Å²) in [5, 5.41) is 0.479. The third kappa shape index (κ3) is 4.59. The summed E-state index contributed by atoms with van der Waals surface area (Å²) in [6.45, 7) is 5.20. The first-order chi connectivity index (χ1) is 13.3. The van der Waals surface area contributed by atoms with Gasteiger partial charge in [-0.2, -0.15) is 0 Å². The normalized spacial score (nSPS) is 19.3. The Morgan fingerprint density at radius 1 is 1.19 bits per heavy atom. The van der Waals surface area contributed by atoms with Crippen LogP contribution in [0.15, 0.2) is 23.3 Å². The summed E-state index contributed by atoms with van der Waals surface area (Å²) in [5.74, 6) is 1.24. The Hall–Kier alpha value is -2.12. The molecule has 1 aromatic carbocycles. The number of rotatable bonds is 6. The summed E-state index contributed by atoms with van der Waals surface area (Å²) < 4.78 is 17.5. The summed E-state index contributed by atoms with van der Waals surface area (Å²) >= 11 is 0. The van der Waals surface area contributed by atoms with E-state index in [9.17, 15) is 4.79 Å². The number of aromatic amines is 1. The summed E-state index contributed by atoms with van der Waals surface area (Å²) in [4.78, 5) is 21.7. The third-order valence-electron chi connectivity index (χ3n) is 5.27. The van der Waals surface area contributed by atoms with Crippen LogP contribution >= 0.6 is 0 Å². The summed E-state index contributed by atoms with van der Waals surface area (Å²) in [6, 6.07) is 3.64. The topological polar surface area (TPSA) is 76.7 Å². The van der Waals surface area contributed by atoms with E-state index in [2.05, 4.69) is 14.9 Å². The largest absolute Gasteiger partial charge is 0.492 e. The van der Waals surface area contributed by atoms with Crippen molar-refractivity contribution < 1.29 is 14.2 Å². The molecule has 1 N–H and O–H groups in total. The molecule has 7 nitrogen and oxygen atoms in total. The van der Waals surface area contributed by atoms with Crippen LogP contribution in [0.25, 0.3) is 10.9 Å². The van der Waals surface area contributed by atoms with Crippen LogP contribution in [-0.4, -0.2) is 60.4 Å². The van der Waals surface area contributed by atoms with E-state index in [1.54, 1.807) is 0 Å². The molecule has 0 spiro atoms. The molecule has 3 heterocycles. The molecular formula is C20H27N3O4. The van der Waals surface area contributed by atoms with E-state index in [4.69, 9.17) is 14.2 Å². The van der Waals surface area contributed by atoms with Crippen molar-refractivity contribution in [3.8, 4) is 11.5 Å². The Balaban J connectivity index is 1.51. The van der Waals surface area contributed by atoms with Crippen LogP contribution < -0.4 is 15.0 Å². The lowest BCUT2D eigenvalue weighted by Crippen LogP contribution is -2.33. The van der Waals surface area contributed by atoms with Gasteiger partial charge in [0.1, 0.15) is 29.6 Å². The second-order valence-electron chi connectivity index (χ2n) is 7.23. The molecule has 2 aromatic rings. The van der Waals surface area contributed by atoms with Crippen molar-refractivity contribution in [2.75, 3.05) is 39.5 Å². The number of benzene rings is 1. The average molecular weight is 373 g/mol. The average Bonchev–Trinajstić information content (AvgIpc) is 2.69. The lowest BCUT2D eigenvalue weighted by atomic mass is 10.1. The maximum Gasteiger partial charge on any atom is 0.262 e. The first-order valence-electron chi connectivity index (χ1n) is 9.90. The Labute approximate surface area is 158 Å². The predicted molar refractivity (Wildman–Crippen MR) is 103 cm³/mol. The van der Waals surface area contributed by atoms with E-state index in [1.165, 1.54) is 25.6 Å². The van der Waals surface area contributed by atoms with Crippen LogP contribution in [0.4, 0.5) is 0 Å². The number of fused-ring (bicyclic) bond motifs is 1. The highest BCUT2D eigenvalue weighted by Crippen LogP contribution is 2.30. The SMILES string of the molecule is O=c1[nH]cnc2cc(OCCN3CCCCC3)cc(OC3CCOCC3)c12. The van der Waals surface area contributed by atoms with Crippen molar-refractivity contribution in [1.29, 1.82) is 0 Å². The molecule has 2 saturated heterocycles. The van der Waals surface area contributed by atoms with Gasteiger partial charge in [-0.15, -0.1) is 0 Å². The second kappa shape index (κ2) is 8.71. The first-order valence-corrected chi connectivity index (χ1v) is 9.90. The van der Waals surface area contributed by atoms with Crippen LogP contribution in [0.1, 0.15) is 32.1 Å². The van der Waals surface area contributed by atoms with Crippen molar-refractivity contribution >= 4 is 10.9 Å². The number of ether oxygens (including phenoxy) is 3. The molecule has 7 heteroatoms. The smallest absolute Gasteiger partial charge is 0.262 e. The minimum atomic E-state index is -0.193. The molecule has 0 radical (unpaired) electrons. The van der Waals surface area contributed by atoms with E-state index in [-0.39, 0.29) is 11.7 Å². The first kappa shape index (κ1) is 18.3. The molecule has 4 rings (SSSR count). The zero-order chi connectivity index (χ0) is 18.5. The molecule has 0 saturated carbocycles. The lowest BCUT2D eigenvalue weighted by Gasteiger charge is -2.26. The number of aromatic nitrogens is 2. The van der Waals surface area contributed by atoms with Crippen LogP contribution in [0.2, 0.25) is 0 Å². The van der Waals surface area contributed by atoms with E-state index in [1.807, 2.05) is 12.1 Å². The van der Waals surface area contributed by atoms with Gasteiger partial charge in [0.2, 0.25) is 0 Å². The van der Waals surface area contributed by atoms with Gasteiger partial charge in [0.15, 0.2) is 0 Å². The highest BCUT2D eigenvalue weighted by Gasteiger charge is 2.19. The zero-order valence-corrected chi connectivity index (χ0v) is 15.6.